The smallest absolute Gasteiger partial charge is 0.253 e. The van der Waals surface area contributed by atoms with Crippen LogP contribution in [0.5, 0.6) is 0 Å². The number of aromatic nitrogens is 2. The molecule has 0 radical (unpaired) electrons. The van der Waals surface area contributed by atoms with Gasteiger partial charge < -0.3 is 10.2 Å². The van der Waals surface area contributed by atoms with Crippen molar-refractivity contribution in [2.75, 3.05) is 11.4 Å². The van der Waals surface area contributed by atoms with Crippen molar-refractivity contribution in [3.05, 3.63) is 76.7 Å². The first-order valence-electron chi connectivity index (χ1n) is 9.63. The topological polar surface area (TPSA) is 75.2 Å². The summed E-state index contributed by atoms with van der Waals surface area (Å²) in [7, 11) is 0. The van der Waals surface area contributed by atoms with Crippen LogP contribution in [0.2, 0.25) is 5.02 Å². The zero-order chi connectivity index (χ0) is 21.7. The molecule has 3 aromatic rings. The first-order valence-corrected chi connectivity index (χ1v) is 10.0. The van der Waals surface area contributed by atoms with Crippen molar-refractivity contribution in [1.82, 2.24) is 15.3 Å². The third kappa shape index (κ3) is 4.83. The van der Waals surface area contributed by atoms with Crippen molar-refractivity contribution < 1.29 is 9.59 Å². The Balaban J connectivity index is 1.72. The standard InChI is InChI=1S/C23H23ClN4O2/c1-4-28(16(3)29)22-10-8-17(12-20(22)24)21-9-7-19(14-26-21)23(30)27-13-18-6-5-11-25-15(18)2/h5-12,14H,4,13H2,1-3H3,(H,27,30). The van der Waals surface area contributed by atoms with Crippen LogP contribution in [-0.2, 0) is 11.3 Å². The lowest BCUT2D eigenvalue weighted by Gasteiger charge is -2.20. The Morgan fingerprint density at radius 1 is 1.13 bits per heavy atom. The van der Waals surface area contributed by atoms with Gasteiger partial charge in [-0.25, -0.2) is 0 Å². The average Bonchev–Trinajstić information content (AvgIpc) is 2.74. The van der Waals surface area contributed by atoms with Crippen LogP contribution in [0.1, 0.15) is 35.5 Å². The van der Waals surface area contributed by atoms with Gasteiger partial charge in [-0.1, -0.05) is 23.7 Å². The molecule has 3 rings (SSSR count). The first kappa shape index (κ1) is 21.5. The molecule has 0 aliphatic rings. The Labute approximate surface area is 180 Å². The lowest BCUT2D eigenvalue weighted by atomic mass is 10.1. The Morgan fingerprint density at radius 2 is 1.93 bits per heavy atom. The van der Waals surface area contributed by atoms with Crippen LogP contribution in [0, 0.1) is 6.92 Å². The fraction of sp³-hybridized carbons (Fsp3) is 0.217. The lowest BCUT2D eigenvalue weighted by Crippen LogP contribution is -2.28. The zero-order valence-corrected chi connectivity index (χ0v) is 17.9. The van der Waals surface area contributed by atoms with Crippen LogP contribution in [0.3, 0.4) is 0 Å². The van der Waals surface area contributed by atoms with Crippen LogP contribution >= 0.6 is 11.6 Å². The molecule has 1 aromatic carbocycles. The average molecular weight is 423 g/mol. The number of benzene rings is 1. The SMILES string of the molecule is CCN(C(C)=O)c1ccc(-c2ccc(C(=O)NCc3cccnc3C)cn2)cc1Cl. The van der Waals surface area contributed by atoms with Gasteiger partial charge in [-0.15, -0.1) is 0 Å². The molecule has 0 spiro atoms. The monoisotopic (exact) mass is 422 g/mol. The predicted molar refractivity (Wildman–Crippen MR) is 119 cm³/mol. The van der Waals surface area contributed by atoms with Gasteiger partial charge in [0.25, 0.3) is 5.91 Å². The van der Waals surface area contributed by atoms with Crippen LogP contribution in [0.25, 0.3) is 11.3 Å². The van der Waals surface area contributed by atoms with Gasteiger partial charge in [0.05, 0.1) is 22.0 Å². The minimum atomic E-state index is -0.203. The van der Waals surface area contributed by atoms with Crippen molar-refractivity contribution in [2.45, 2.75) is 27.3 Å². The van der Waals surface area contributed by atoms with Gasteiger partial charge in [-0.3, -0.25) is 19.6 Å². The molecule has 2 heterocycles. The molecule has 30 heavy (non-hydrogen) atoms. The normalized spacial score (nSPS) is 10.5. The van der Waals surface area contributed by atoms with Crippen molar-refractivity contribution >= 4 is 29.1 Å². The summed E-state index contributed by atoms with van der Waals surface area (Å²) < 4.78 is 0. The molecule has 0 fully saturated rings. The highest BCUT2D eigenvalue weighted by molar-refractivity contribution is 6.34. The van der Waals surface area contributed by atoms with E-state index in [2.05, 4.69) is 15.3 Å². The minimum absolute atomic E-state index is 0.0675. The Bertz CT molecular complexity index is 1070. The summed E-state index contributed by atoms with van der Waals surface area (Å²) in [6.07, 6.45) is 3.26. The van der Waals surface area contributed by atoms with E-state index in [0.717, 1.165) is 16.8 Å². The number of carbonyl (C=O) groups is 2. The maximum absolute atomic E-state index is 12.4. The number of amides is 2. The second-order valence-corrected chi connectivity index (χ2v) is 7.20. The number of anilines is 1. The molecule has 0 aliphatic heterocycles. The molecule has 0 saturated carbocycles. The summed E-state index contributed by atoms with van der Waals surface area (Å²) in [4.78, 5) is 34.4. The second kappa shape index (κ2) is 9.50. The zero-order valence-electron chi connectivity index (χ0n) is 17.1. The highest BCUT2D eigenvalue weighted by atomic mass is 35.5. The van der Waals surface area contributed by atoms with Gasteiger partial charge in [0.15, 0.2) is 0 Å². The largest absolute Gasteiger partial charge is 0.348 e. The van der Waals surface area contributed by atoms with E-state index in [0.29, 0.717) is 35.1 Å². The molecule has 1 N–H and O–H groups in total. The van der Waals surface area contributed by atoms with Gasteiger partial charge in [0.1, 0.15) is 0 Å². The van der Waals surface area contributed by atoms with Crippen molar-refractivity contribution in [2.24, 2.45) is 0 Å². The third-order valence-electron chi connectivity index (χ3n) is 4.81. The summed E-state index contributed by atoms with van der Waals surface area (Å²) in [6, 6.07) is 12.7. The summed E-state index contributed by atoms with van der Waals surface area (Å²) in [5.41, 5.74) is 4.49. The number of nitrogens with one attached hydrogen (secondary N) is 1. The van der Waals surface area contributed by atoms with Gasteiger partial charge in [0.2, 0.25) is 5.91 Å². The molecule has 0 aliphatic carbocycles. The fourth-order valence-electron chi connectivity index (χ4n) is 3.13. The van der Waals surface area contributed by atoms with E-state index >= 15 is 0 Å². The Kier molecular flexibility index (Phi) is 6.79. The third-order valence-corrected chi connectivity index (χ3v) is 5.11. The van der Waals surface area contributed by atoms with E-state index in [-0.39, 0.29) is 11.8 Å². The highest BCUT2D eigenvalue weighted by Crippen LogP contribution is 2.30. The molecule has 2 amide bonds. The molecule has 0 saturated heterocycles. The summed E-state index contributed by atoms with van der Waals surface area (Å²) in [6.45, 7) is 6.25. The van der Waals surface area contributed by atoms with Gasteiger partial charge in [-0.05, 0) is 49.7 Å². The van der Waals surface area contributed by atoms with Crippen molar-refractivity contribution in [1.29, 1.82) is 0 Å². The summed E-state index contributed by atoms with van der Waals surface area (Å²) in [5.74, 6) is -0.271. The predicted octanol–water partition coefficient (Wildman–Crippen LogP) is 4.41. The van der Waals surface area contributed by atoms with E-state index in [1.54, 1.807) is 35.4 Å². The fourth-order valence-corrected chi connectivity index (χ4v) is 3.41. The van der Waals surface area contributed by atoms with Crippen molar-refractivity contribution in [3.63, 3.8) is 0 Å². The van der Waals surface area contributed by atoms with E-state index in [1.165, 1.54) is 13.1 Å². The number of aryl methyl sites for hydroxylation is 1. The first-order chi connectivity index (χ1) is 14.4. The molecule has 0 bridgehead atoms. The molecule has 154 valence electrons. The lowest BCUT2D eigenvalue weighted by molar-refractivity contribution is -0.116. The van der Waals surface area contributed by atoms with Gasteiger partial charge in [0, 0.05) is 43.7 Å². The maximum Gasteiger partial charge on any atom is 0.253 e. The molecular formula is C23H23ClN4O2. The number of carbonyl (C=O) groups excluding carboxylic acids is 2. The van der Waals surface area contributed by atoms with Crippen molar-refractivity contribution in [3.8, 4) is 11.3 Å². The number of hydrogen-bond acceptors (Lipinski definition) is 4. The van der Waals surface area contributed by atoms with Crippen LogP contribution in [-0.4, -0.2) is 28.3 Å². The number of nitrogens with zero attached hydrogens (tertiary/aromatic N) is 3. The maximum atomic E-state index is 12.4. The van der Waals surface area contributed by atoms with E-state index < -0.39 is 0 Å². The Morgan fingerprint density at radius 3 is 2.53 bits per heavy atom. The minimum Gasteiger partial charge on any atom is -0.348 e. The molecule has 0 atom stereocenters. The molecule has 6 nitrogen and oxygen atoms in total. The second-order valence-electron chi connectivity index (χ2n) is 6.79. The Hall–Kier alpha value is -3.25. The quantitative estimate of drug-likeness (QED) is 0.638. The van der Waals surface area contributed by atoms with Gasteiger partial charge >= 0.3 is 0 Å². The number of rotatable bonds is 6. The molecule has 2 aromatic heterocycles. The summed E-state index contributed by atoms with van der Waals surface area (Å²) in [5, 5.41) is 3.36. The number of hydrogen-bond donors (Lipinski definition) is 1. The molecule has 0 unspecified atom stereocenters. The van der Waals surface area contributed by atoms with Crippen LogP contribution in [0.4, 0.5) is 5.69 Å². The van der Waals surface area contributed by atoms with E-state index in [1.807, 2.05) is 32.0 Å². The van der Waals surface area contributed by atoms with E-state index in [4.69, 9.17) is 11.6 Å². The van der Waals surface area contributed by atoms with Crippen LogP contribution in [0.15, 0.2) is 54.9 Å². The molecular weight excluding hydrogens is 400 g/mol. The molecule has 7 heteroatoms. The summed E-state index contributed by atoms with van der Waals surface area (Å²) >= 11 is 6.40. The number of pyridine rings is 2. The highest BCUT2D eigenvalue weighted by Gasteiger charge is 2.14. The number of halogens is 1. The van der Waals surface area contributed by atoms with Gasteiger partial charge in [-0.2, -0.15) is 0 Å². The van der Waals surface area contributed by atoms with Crippen LogP contribution < -0.4 is 10.2 Å². The van der Waals surface area contributed by atoms with E-state index in [9.17, 15) is 9.59 Å².